The first-order chi connectivity index (χ1) is 9.39. The van der Waals surface area contributed by atoms with Crippen molar-refractivity contribution in [2.75, 3.05) is 5.32 Å². The van der Waals surface area contributed by atoms with Gasteiger partial charge in [0.25, 0.3) is 0 Å². The van der Waals surface area contributed by atoms with Crippen molar-refractivity contribution >= 4 is 22.4 Å². The van der Waals surface area contributed by atoms with Crippen LogP contribution in [0.4, 0.5) is 5.13 Å². The normalized spacial score (nSPS) is 26.8. The Hall–Kier alpha value is -1.01. The topological polar surface area (TPSA) is 80.9 Å². The highest BCUT2D eigenvalue weighted by atomic mass is 32.1. The Kier molecular flexibility index (Phi) is 4.75. The minimum atomic E-state index is -0.748. The molecule has 0 bridgehead atoms. The van der Waals surface area contributed by atoms with Crippen molar-refractivity contribution in [1.29, 1.82) is 0 Å². The lowest BCUT2D eigenvalue weighted by atomic mass is 9.76. The number of carbonyl (C=O) groups is 1. The fourth-order valence-electron chi connectivity index (χ4n) is 2.76. The lowest BCUT2D eigenvalue weighted by Gasteiger charge is -2.34. The Morgan fingerprint density at radius 2 is 2.30 bits per heavy atom. The molecule has 0 aliphatic heterocycles. The predicted molar refractivity (Wildman–Crippen MR) is 81.6 cm³/mol. The van der Waals surface area contributed by atoms with Crippen LogP contribution in [0.15, 0.2) is 0 Å². The number of anilines is 1. The van der Waals surface area contributed by atoms with Gasteiger partial charge >= 0.3 is 0 Å². The van der Waals surface area contributed by atoms with Crippen LogP contribution in [-0.2, 0) is 11.2 Å². The van der Waals surface area contributed by atoms with E-state index in [1.54, 1.807) is 0 Å². The van der Waals surface area contributed by atoms with E-state index < -0.39 is 5.54 Å². The molecule has 1 aromatic heterocycles. The van der Waals surface area contributed by atoms with Crippen molar-refractivity contribution in [1.82, 2.24) is 10.2 Å². The van der Waals surface area contributed by atoms with Crippen LogP contribution in [0.2, 0.25) is 0 Å². The lowest BCUT2D eigenvalue weighted by Crippen LogP contribution is -2.53. The van der Waals surface area contributed by atoms with Gasteiger partial charge in [0, 0.05) is 6.42 Å². The molecule has 1 amide bonds. The summed E-state index contributed by atoms with van der Waals surface area (Å²) < 4.78 is 0. The fraction of sp³-hybridized carbons (Fsp3) is 0.786. The summed E-state index contributed by atoms with van der Waals surface area (Å²) in [6.07, 6.45) is 4.55. The quantitative estimate of drug-likeness (QED) is 0.895. The molecule has 0 radical (unpaired) electrons. The molecule has 1 aliphatic carbocycles. The van der Waals surface area contributed by atoms with Crippen molar-refractivity contribution in [2.24, 2.45) is 17.6 Å². The highest BCUT2D eigenvalue weighted by molar-refractivity contribution is 7.15. The highest BCUT2D eigenvalue weighted by Crippen LogP contribution is 2.31. The molecule has 0 aromatic carbocycles. The van der Waals surface area contributed by atoms with Crippen LogP contribution in [0.5, 0.6) is 0 Å². The largest absolute Gasteiger partial charge is 0.317 e. The molecule has 1 aromatic rings. The van der Waals surface area contributed by atoms with E-state index >= 15 is 0 Å². The smallest absolute Gasteiger partial charge is 0.246 e. The third-order valence-corrected chi connectivity index (χ3v) is 4.62. The highest BCUT2D eigenvalue weighted by Gasteiger charge is 2.38. The number of nitrogens with zero attached hydrogens (tertiary/aromatic N) is 2. The van der Waals surface area contributed by atoms with E-state index in [0.29, 0.717) is 17.0 Å². The Morgan fingerprint density at radius 3 is 2.95 bits per heavy atom. The molecule has 20 heavy (non-hydrogen) atoms. The van der Waals surface area contributed by atoms with Crippen molar-refractivity contribution in [3.63, 3.8) is 0 Å². The first-order valence-corrected chi connectivity index (χ1v) is 8.13. The summed E-state index contributed by atoms with van der Waals surface area (Å²) in [5, 5.41) is 12.5. The average Bonchev–Trinajstić information content (AvgIpc) is 2.75. The summed E-state index contributed by atoms with van der Waals surface area (Å²) in [6.45, 7) is 6.43. The van der Waals surface area contributed by atoms with E-state index in [9.17, 15) is 4.79 Å². The molecule has 1 aliphatic rings. The molecule has 1 heterocycles. The van der Waals surface area contributed by atoms with Gasteiger partial charge in [-0.2, -0.15) is 0 Å². The first kappa shape index (κ1) is 15.4. The van der Waals surface area contributed by atoms with Crippen LogP contribution >= 0.6 is 11.3 Å². The van der Waals surface area contributed by atoms with Crippen LogP contribution in [0, 0.1) is 11.8 Å². The summed E-state index contributed by atoms with van der Waals surface area (Å²) in [5.41, 5.74) is 5.52. The number of hydrogen-bond donors (Lipinski definition) is 2. The van der Waals surface area contributed by atoms with E-state index in [1.165, 1.54) is 11.3 Å². The molecular weight excluding hydrogens is 272 g/mol. The van der Waals surface area contributed by atoms with Crippen LogP contribution in [-0.4, -0.2) is 21.6 Å². The second kappa shape index (κ2) is 6.18. The third kappa shape index (κ3) is 3.76. The molecule has 112 valence electrons. The molecular formula is C14H24N4OS. The summed E-state index contributed by atoms with van der Waals surface area (Å²) in [4.78, 5) is 12.4. The zero-order valence-electron chi connectivity index (χ0n) is 12.5. The van der Waals surface area contributed by atoms with Gasteiger partial charge in [0.2, 0.25) is 11.0 Å². The monoisotopic (exact) mass is 296 g/mol. The molecule has 0 saturated heterocycles. The molecule has 2 atom stereocenters. The molecule has 5 nitrogen and oxygen atoms in total. The number of nitrogens with two attached hydrogens (primary N) is 1. The Balaban J connectivity index is 1.98. The van der Waals surface area contributed by atoms with E-state index in [4.69, 9.17) is 5.73 Å². The Morgan fingerprint density at radius 1 is 1.55 bits per heavy atom. The standard InChI is InChI=1S/C14H24N4OS/c1-9(2)7-11-17-18-13(20-11)16-12(19)14(15)6-4-5-10(3)8-14/h9-10H,4-8,15H2,1-3H3,(H,16,18,19). The molecule has 2 unspecified atom stereocenters. The van der Waals surface area contributed by atoms with Crippen molar-refractivity contribution < 1.29 is 4.79 Å². The summed E-state index contributed by atoms with van der Waals surface area (Å²) >= 11 is 1.44. The molecule has 0 spiro atoms. The van der Waals surface area contributed by atoms with Gasteiger partial charge in [0.1, 0.15) is 5.01 Å². The van der Waals surface area contributed by atoms with E-state index in [2.05, 4.69) is 36.3 Å². The van der Waals surface area contributed by atoms with Crippen molar-refractivity contribution in [3.05, 3.63) is 5.01 Å². The first-order valence-electron chi connectivity index (χ1n) is 7.32. The van der Waals surface area contributed by atoms with E-state index in [0.717, 1.165) is 37.1 Å². The van der Waals surface area contributed by atoms with Crippen molar-refractivity contribution in [3.8, 4) is 0 Å². The maximum absolute atomic E-state index is 12.4. The van der Waals surface area contributed by atoms with Gasteiger partial charge in [-0.3, -0.25) is 10.1 Å². The third-order valence-electron chi connectivity index (χ3n) is 3.75. The van der Waals surface area contributed by atoms with Gasteiger partial charge in [0.15, 0.2) is 0 Å². The number of carbonyl (C=O) groups excluding carboxylic acids is 1. The second-order valence-electron chi connectivity index (χ2n) is 6.41. The van der Waals surface area contributed by atoms with Crippen LogP contribution in [0.25, 0.3) is 0 Å². The number of hydrogen-bond acceptors (Lipinski definition) is 5. The number of aromatic nitrogens is 2. The molecule has 6 heteroatoms. The zero-order valence-corrected chi connectivity index (χ0v) is 13.3. The van der Waals surface area contributed by atoms with Gasteiger partial charge in [-0.1, -0.05) is 44.9 Å². The average molecular weight is 296 g/mol. The predicted octanol–water partition coefficient (Wildman–Crippen LogP) is 2.58. The van der Waals surface area contributed by atoms with Gasteiger partial charge in [-0.25, -0.2) is 0 Å². The van der Waals surface area contributed by atoms with Gasteiger partial charge < -0.3 is 5.73 Å². The lowest BCUT2D eigenvalue weighted by molar-refractivity contribution is -0.122. The Labute approximate surface area is 124 Å². The van der Waals surface area contributed by atoms with Gasteiger partial charge in [-0.05, 0) is 24.7 Å². The number of amides is 1. The van der Waals surface area contributed by atoms with Crippen molar-refractivity contribution in [2.45, 2.75) is 58.4 Å². The van der Waals surface area contributed by atoms with Crippen LogP contribution < -0.4 is 11.1 Å². The summed E-state index contributed by atoms with van der Waals surface area (Å²) in [6, 6.07) is 0. The van der Waals surface area contributed by atoms with Gasteiger partial charge in [-0.15, -0.1) is 10.2 Å². The van der Waals surface area contributed by atoms with Gasteiger partial charge in [0.05, 0.1) is 5.54 Å². The summed E-state index contributed by atoms with van der Waals surface area (Å²) in [5.74, 6) is 0.924. The minimum absolute atomic E-state index is 0.115. The zero-order chi connectivity index (χ0) is 14.8. The summed E-state index contributed by atoms with van der Waals surface area (Å²) in [7, 11) is 0. The second-order valence-corrected chi connectivity index (χ2v) is 7.47. The van der Waals surface area contributed by atoms with E-state index in [1.807, 2.05) is 0 Å². The fourth-order valence-corrected chi connectivity index (χ4v) is 3.70. The SMILES string of the molecule is CC(C)Cc1nnc(NC(=O)C2(N)CCCC(C)C2)s1. The molecule has 3 N–H and O–H groups in total. The Bertz CT molecular complexity index is 473. The molecule has 2 rings (SSSR count). The van der Waals surface area contributed by atoms with Crippen LogP contribution in [0.1, 0.15) is 51.5 Å². The maximum atomic E-state index is 12.4. The molecule has 1 saturated carbocycles. The van der Waals surface area contributed by atoms with E-state index in [-0.39, 0.29) is 5.91 Å². The maximum Gasteiger partial charge on any atom is 0.246 e. The number of nitrogens with one attached hydrogen (secondary N) is 1. The molecule has 1 fully saturated rings. The van der Waals surface area contributed by atoms with Crippen LogP contribution in [0.3, 0.4) is 0 Å². The minimum Gasteiger partial charge on any atom is -0.317 e. The number of rotatable bonds is 4.